The van der Waals surface area contributed by atoms with E-state index in [2.05, 4.69) is 5.32 Å². The Kier molecular flexibility index (Phi) is 6.98. The smallest absolute Gasteiger partial charge is 0.0693 e. The molecule has 0 bridgehead atoms. The Labute approximate surface area is 92.9 Å². The molecule has 0 aromatic heterocycles. The third kappa shape index (κ3) is 5.50. The molecular weight excluding hydrogens is 190 g/mol. The minimum absolute atomic E-state index is 0.129. The van der Waals surface area contributed by atoms with Crippen molar-refractivity contribution in [3.8, 4) is 0 Å². The Morgan fingerprint density at radius 1 is 1.00 bits per heavy atom. The molecule has 15 heavy (non-hydrogen) atoms. The summed E-state index contributed by atoms with van der Waals surface area (Å²) in [6.45, 7) is 1.32. The first-order valence-electron chi connectivity index (χ1n) is 6.37. The second-order valence-corrected chi connectivity index (χ2v) is 4.55. The first-order valence-corrected chi connectivity index (χ1v) is 6.37. The lowest BCUT2D eigenvalue weighted by molar-refractivity contribution is 0.0909. The van der Waals surface area contributed by atoms with E-state index in [4.69, 9.17) is 5.11 Å². The highest BCUT2D eigenvalue weighted by atomic mass is 16.3. The van der Waals surface area contributed by atoms with E-state index in [-0.39, 0.29) is 6.10 Å². The van der Waals surface area contributed by atoms with Crippen molar-refractivity contribution >= 4 is 0 Å². The molecule has 0 unspecified atom stereocenters. The number of unbranched alkanes of at least 4 members (excludes halogenated alkanes) is 3. The number of aliphatic hydroxyl groups excluding tert-OH is 2. The number of aliphatic hydroxyl groups is 2. The summed E-state index contributed by atoms with van der Waals surface area (Å²) in [5.74, 6) is 0. The van der Waals surface area contributed by atoms with Gasteiger partial charge in [0.2, 0.25) is 0 Å². The minimum atomic E-state index is -0.129. The molecule has 0 aromatic rings. The molecular formula is C12H25NO2. The van der Waals surface area contributed by atoms with Crippen molar-refractivity contribution in [3.05, 3.63) is 0 Å². The fourth-order valence-corrected chi connectivity index (χ4v) is 2.23. The highest BCUT2D eigenvalue weighted by Crippen LogP contribution is 2.18. The number of hydrogen-bond acceptors (Lipinski definition) is 3. The summed E-state index contributed by atoms with van der Waals surface area (Å²) < 4.78 is 0. The molecule has 1 fully saturated rings. The van der Waals surface area contributed by atoms with Crippen LogP contribution in [-0.2, 0) is 0 Å². The van der Waals surface area contributed by atoms with Crippen LogP contribution in [0.1, 0.15) is 51.4 Å². The van der Waals surface area contributed by atoms with Gasteiger partial charge in [-0.25, -0.2) is 0 Å². The van der Waals surface area contributed by atoms with Crippen molar-refractivity contribution in [2.45, 2.75) is 63.5 Å². The summed E-state index contributed by atoms with van der Waals surface area (Å²) in [7, 11) is 0. The van der Waals surface area contributed by atoms with Crippen LogP contribution in [0.3, 0.4) is 0 Å². The van der Waals surface area contributed by atoms with Crippen molar-refractivity contribution in [3.63, 3.8) is 0 Å². The highest BCUT2D eigenvalue weighted by molar-refractivity contribution is 4.79. The zero-order chi connectivity index (χ0) is 10.9. The van der Waals surface area contributed by atoms with Crippen LogP contribution in [-0.4, -0.2) is 35.5 Å². The molecule has 3 heteroatoms. The van der Waals surface area contributed by atoms with Crippen LogP contribution < -0.4 is 5.32 Å². The molecule has 0 aromatic carbocycles. The van der Waals surface area contributed by atoms with E-state index < -0.39 is 0 Å². The average molecular weight is 215 g/mol. The van der Waals surface area contributed by atoms with E-state index >= 15 is 0 Å². The molecule has 2 atom stereocenters. The molecule has 90 valence electrons. The predicted molar refractivity (Wildman–Crippen MR) is 61.8 cm³/mol. The van der Waals surface area contributed by atoms with Gasteiger partial charge in [0.1, 0.15) is 0 Å². The van der Waals surface area contributed by atoms with Crippen LogP contribution in [0.5, 0.6) is 0 Å². The van der Waals surface area contributed by atoms with Crippen molar-refractivity contribution in [1.82, 2.24) is 5.32 Å². The van der Waals surface area contributed by atoms with E-state index in [1.165, 1.54) is 19.3 Å². The van der Waals surface area contributed by atoms with Gasteiger partial charge in [0.25, 0.3) is 0 Å². The van der Waals surface area contributed by atoms with Gasteiger partial charge in [0, 0.05) is 12.6 Å². The lowest BCUT2D eigenvalue weighted by atomic mass is 9.92. The van der Waals surface area contributed by atoms with Gasteiger partial charge in [0.15, 0.2) is 0 Å². The van der Waals surface area contributed by atoms with Gasteiger partial charge in [-0.05, 0) is 32.2 Å². The molecule has 0 amide bonds. The van der Waals surface area contributed by atoms with Gasteiger partial charge in [0.05, 0.1) is 6.10 Å². The Bertz CT molecular complexity index is 153. The van der Waals surface area contributed by atoms with Crippen molar-refractivity contribution < 1.29 is 10.2 Å². The summed E-state index contributed by atoms with van der Waals surface area (Å²) in [6.07, 6.45) is 8.75. The molecule has 1 rings (SSSR count). The first kappa shape index (κ1) is 12.9. The van der Waals surface area contributed by atoms with E-state index in [9.17, 15) is 5.11 Å². The largest absolute Gasteiger partial charge is 0.396 e. The quantitative estimate of drug-likeness (QED) is 0.563. The van der Waals surface area contributed by atoms with Gasteiger partial charge in [-0.15, -0.1) is 0 Å². The van der Waals surface area contributed by atoms with Crippen molar-refractivity contribution in [2.24, 2.45) is 0 Å². The SMILES string of the molecule is OCCCCCCN[C@H]1CCCC[C@@H]1O. The molecule has 0 heterocycles. The second kappa shape index (κ2) is 8.08. The van der Waals surface area contributed by atoms with Crippen molar-refractivity contribution in [1.29, 1.82) is 0 Å². The molecule has 3 N–H and O–H groups in total. The minimum Gasteiger partial charge on any atom is -0.396 e. The monoisotopic (exact) mass is 215 g/mol. The number of rotatable bonds is 7. The Morgan fingerprint density at radius 2 is 1.73 bits per heavy atom. The predicted octanol–water partition coefficient (Wildman–Crippen LogP) is 1.43. The van der Waals surface area contributed by atoms with Gasteiger partial charge in [-0.2, -0.15) is 0 Å². The summed E-state index contributed by atoms with van der Waals surface area (Å²) >= 11 is 0. The standard InChI is InChI=1S/C12H25NO2/c14-10-6-2-1-5-9-13-11-7-3-4-8-12(11)15/h11-15H,1-10H2/t11-,12-/m0/s1. The normalized spacial score (nSPS) is 26.8. The fourth-order valence-electron chi connectivity index (χ4n) is 2.23. The Balaban J connectivity index is 1.94. The molecule has 0 spiro atoms. The highest BCUT2D eigenvalue weighted by Gasteiger charge is 2.21. The molecule has 1 aliphatic carbocycles. The fraction of sp³-hybridized carbons (Fsp3) is 1.00. The molecule has 0 aliphatic heterocycles. The van der Waals surface area contributed by atoms with E-state index in [0.29, 0.717) is 12.6 Å². The molecule has 1 aliphatic rings. The van der Waals surface area contributed by atoms with Gasteiger partial charge in [-0.3, -0.25) is 0 Å². The third-order valence-electron chi connectivity index (χ3n) is 3.22. The summed E-state index contributed by atoms with van der Waals surface area (Å²) in [6, 6.07) is 0.330. The molecule has 3 nitrogen and oxygen atoms in total. The van der Waals surface area contributed by atoms with Crippen LogP contribution in [0.4, 0.5) is 0 Å². The zero-order valence-electron chi connectivity index (χ0n) is 9.62. The van der Waals surface area contributed by atoms with E-state index in [1.54, 1.807) is 0 Å². The average Bonchev–Trinajstić information content (AvgIpc) is 2.25. The summed E-state index contributed by atoms with van der Waals surface area (Å²) in [4.78, 5) is 0. The van der Waals surface area contributed by atoms with Crippen LogP contribution in [0, 0.1) is 0 Å². The van der Waals surface area contributed by atoms with Crippen LogP contribution >= 0.6 is 0 Å². The molecule has 0 saturated heterocycles. The lowest BCUT2D eigenvalue weighted by Crippen LogP contribution is -2.42. The van der Waals surface area contributed by atoms with E-state index in [0.717, 1.165) is 38.6 Å². The second-order valence-electron chi connectivity index (χ2n) is 4.55. The molecule has 0 radical (unpaired) electrons. The van der Waals surface area contributed by atoms with Crippen LogP contribution in [0.2, 0.25) is 0 Å². The van der Waals surface area contributed by atoms with Crippen molar-refractivity contribution in [2.75, 3.05) is 13.2 Å². The van der Waals surface area contributed by atoms with Gasteiger partial charge < -0.3 is 15.5 Å². The van der Waals surface area contributed by atoms with Crippen LogP contribution in [0.25, 0.3) is 0 Å². The van der Waals surface area contributed by atoms with E-state index in [1.807, 2.05) is 0 Å². The van der Waals surface area contributed by atoms with Gasteiger partial charge in [-0.1, -0.05) is 25.7 Å². The van der Waals surface area contributed by atoms with Crippen LogP contribution in [0.15, 0.2) is 0 Å². The topological polar surface area (TPSA) is 52.5 Å². The first-order chi connectivity index (χ1) is 7.34. The third-order valence-corrected chi connectivity index (χ3v) is 3.22. The maximum atomic E-state index is 9.71. The summed E-state index contributed by atoms with van der Waals surface area (Å²) in [5, 5.41) is 21.8. The van der Waals surface area contributed by atoms with Gasteiger partial charge >= 0.3 is 0 Å². The Morgan fingerprint density at radius 3 is 2.47 bits per heavy atom. The maximum Gasteiger partial charge on any atom is 0.0693 e. The molecule has 1 saturated carbocycles. The lowest BCUT2D eigenvalue weighted by Gasteiger charge is -2.28. The zero-order valence-corrected chi connectivity index (χ0v) is 9.62. The number of nitrogens with one attached hydrogen (secondary N) is 1. The Hall–Kier alpha value is -0.120. The maximum absolute atomic E-state index is 9.71. The number of hydrogen-bond donors (Lipinski definition) is 3. The summed E-state index contributed by atoms with van der Waals surface area (Å²) in [5.41, 5.74) is 0.